The zero-order valence-corrected chi connectivity index (χ0v) is 35.2. The van der Waals surface area contributed by atoms with Crippen LogP contribution < -0.4 is 27.4 Å². The van der Waals surface area contributed by atoms with Crippen LogP contribution in [0.25, 0.3) is 0 Å². The van der Waals surface area contributed by atoms with E-state index in [2.05, 4.69) is 67.5 Å². The number of nitrogens with two attached hydrogens (primary N) is 1. The number of alkyl halides is 1. The molecule has 18 heteroatoms. The van der Waals surface area contributed by atoms with Gasteiger partial charge < -0.3 is 10.8 Å². The summed E-state index contributed by atoms with van der Waals surface area (Å²) in [5.74, 6) is -1.12. The van der Waals surface area contributed by atoms with Gasteiger partial charge in [0.1, 0.15) is 17.2 Å². The average Bonchev–Trinajstić information content (AvgIpc) is 2.94. The second kappa shape index (κ2) is 24.9. The predicted molar refractivity (Wildman–Crippen MR) is 196 cm³/mol. The summed E-state index contributed by atoms with van der Waals surface area (Å²) in [6.07, 6.45) is 0. The van der Waals surface area contributed by atoms with Gasteiger partial charge >= 0.3 is 60.0 Å². The van der Waals surface area contributed by atoms with Gasteiger partial charge in [-0.3, -0.25) is 33.7 Å². The normalized spacial score (nSPS) is 9.28. The van der Waals surface area contributed by atoms with Crippen molar-refractivity contribution < 1.29 is 46.7 Å². The van der Waals surface area contributed by atoms with Gasteiger partial charge in [-0.1, -0.05) is 46.9 Å². The van der Waals surface area contributed by atoms with Crippen molar-refractivity contribution in [1.82, 2.24) is 14.5 Å². The molecule has 10 nitrogen and oxygen atoms in total. The fourth-order valence-electron chi connectivity index (χ4n) is 3.51. The molecule has 0 amide bonds. The molecule has 0 aliphatic rings. The number of benzene rings is 2. The number of aryl methyl sites for hydroxylation is 3. The quantitative estimate of drug-likeness (QED) is 0.120. The average molecular weight is 1070 g/mol. The first-order valence-electron chi connectivity index (χ1n) is 12.4. The number of aromatic nitrogens is 3. The first kappa shape index (κ1) is 47.0. The Kier molecular flexibility index (Phi) is 25.5. The van der Waals surface area contributed by atoms with Crippen molar-refractivity contribution in [3.05, 3.63) is 128 Å². The number of rotatable bonds is 4. The SMILES string of the molecule is CC(=O)c1c(O)sc(=O)[nH]c1=O.CI.Cc1cccc(F)c1CN.Cc1cccc(F)c1Cn1c(C)cc(=O)[nH]c1=O.[I][V][I].[V]. The molecule has 0 saturated carbocycles. The van der Waals surface area contributed by atoms with E-state index < -0.39 is 32.5 Å². The van der Waals surface area contributed by atoms with Gasteiger partial charge in [-0.2, -0.15) is 0 Å². The van der Waals surface area contributed by atoms with Gasteiger partial charge in [-0.15, -0.1) is 0 Å². The summed E-state index contributed by atoms with van der Waals surface area (Å²) in [5, 5.41) is 8.49. The first-order valence-corrected chi connectivity index (χ1v) is 24.4. The predicted octanol–water partition coefficient (Wildman–Crippen LogP) is 5.46. The zero-order chi connectivity index (χ0) is 34.9. The van der Waals surface area contributed by atoms with E-state index in [-0.39, 0.29) is 48.8 Å². The summed E-state index contributed by atoms with van der Waals surface area (Å²) in [5.41, 5.74) is 6.40. The van der Waals surface area contributed by atoms with Gasteiger partial charge in [0.15, 0.2) is 10.8 Å². The number of aromatic hydroxyl groups is 1. The number of hydrogen-bond donors (Lipinski definition) is 4. The Balaban J connectivity index is 0. The maximum absolute atomic E-state index is 13.7. The molecule has 2 heterocycles. The monoisotopic (exact) mass is 1070 g/mol. The van der Waals surface area contributed by atoms with Gasteiger partial charge in [-0.05, 0) is 67.2 Å². The largest absolute Gasteiger partial charge is 0 e. The van der Waals surface area contributed by atoms with Crippen molar-refractivity contribution in [3.63, 3.8) is 0 Å². The van der Waals surface area contributed by atoms with E-state index in [4.69, 9.17) is 10.8 Å². The Hall–Kier alpha value is -1.13. The minimum atomic E-state index is -0.844. The van der Waals surface area contributed by atoms with Crippen LogP contribution in [-0.4, -0.2) is 30.4 Å². The Morgan fingerprint density at radius 1 is 0.957 bits per heavy atom. The topological polar surface area (TPSA) is 168 Å². The van der Waals surface area contributed by atoms with Gasteiger partial charge in [0.05, 0.1) is 6.54 Å². The fourth-order valence-corrected chi connectivity index (χ4v) is 4.17. The molecule has 46 heavy (non-hydrogen) atoms. The van der Waals surface area contributed by atoms with Crippen molar-refractivity contribution in [3.8, 4) is 5.06 Å². The molecule has 0 bridgehead atoms. The second-order valence-corrected chi connectivity index (χ2v) is 21.3. The molecule has 250 valence electrons. The maximum atomic E-state index is 13.7. The van der Waals surface area contributed by atoms with Gasteiger partial charge in [0, 0.05) is 48.0 Å². The molecular weight excluding hydrogens is 1040 g/mol. The maximum Gasteiger partial charge on any atom is 0 e. The van der Waals surface area contributed by atoms with E-state index in [0.29, 0.717) is 37.6 Å². The number of carbonyl (C=O) groups excluding carboxylic acids is 1. The van der Waals surface area contributed by atoms with Crippen molar-refractivity contribution in [1.29, 1.82) is 0 Å². The third-order valence-corrected chi connectivity index (χ3v) is 6.35. The minimum absolute atomic E-state index is 0. The number of aromatic amines is 2. The summed E-state index contributed by atoms with van der Waals surface area (Å²) < 4.78 is 27.8. The summed E-state index contributed by atoms with van der Waals surface area (Å²) >= 11 is 7.31. The van der Waals surface area contributed by atoms with Gasteiger partial charge in [-0.25, -0.2) is 13.6 Å². The number of H-pyrrole nitrogens is 2. The Bertz CT molecular complexity index is 1760. The standard InChI is InChI=1S/C13H13FN2O2.C8H10FN.C6H5NO4S.CH3I.2HI.2V/c1-8-4-3-5-11(14)10(8)7-16-9(2)6-12(17)15-13(16)18;1-6-3-2-4-8(9)7(6)5-10;1-2(8)3-4(9)7-6(11)12-5(3)10;1-2;;;;/h3-6H,7H2,1-2H3,(H,15,17,18);2-4H,5,10H2,1H3;10H,1H3,(H,7,9,11);1H3;2*1H;;/q;;;;;;;+2/p-2. The van der Waals surface area contributed by atoms with Crippen LogP contribution in [0, 0.1) is 32.4 Å². The van der Waals surface area contributed by atoms with Gasteiger partial charge in [0.2, 0.25) is 0 Å². The Morgan fingerprint density at radius 3 is 1.80 bits per heavy atom. The number of hydrogen-bond acceptors (Lipinski definition) is 8. The van der Waals surface area contributed by atoms with Crippen LogP contribution in [0.4, 0.5) is 8.78 Å². The van der Waals surface area contributed by atoms with E-state index >= 15 is 0 Å². The number of ketones is 1. The molecule has 2 aromatic carbocycles. The van der Waals surface area contributed by atoms with Crippen LogP contribution in [0.2, 0.25) is 0 Å². The van der Waals surface area contributed by atoms with E-state index in [0.717, 1.165) is 18.1 Å². The molecule has 5 N–H and O–H groups in total. The van der Waals surface area contributed by atoms with Crippen LogP contribution >= 0.6 is 73.9 Å². The van der Waals surface area contributed by atoms with Crippen molar-refractivity contribution in [2.75, 3.05) is 4.93 Å². The molecule has 0 spiro atoms. The van der Waals surface area contributed by atoms with Crippen molar-refractivity contribution in [2.45, 2.75) is 40.8 Å². The van der Waals surface area contributed by atoms with Crippen LogP contribution in [-0.2, 0) is 41.1 Å². The molecule has 1 radical (unpaired) electrons. The van der Waals surface area contributed by atoms with Crippen LogP contribution in [0.1, 0.15) is 45.2 Å². The van der Waals surface area contributed by atoms with Gasteiger partial charge in [0.25, 0.3) is 11.1 Å². The molecule has 0 saturated heterocycles. The molecule has 0 unspecified atom stereocenters. The molecule has 2 aromatic heterocycles. The third-order valence-electron chi connectivity index (χ3n) is 5.67. The van der Waals surface area contributed by atoms with Crippen LogP contribution in [0.15, 0.2) is 61.6 Å². The molecule has 0 aliphatic heterocycles. The van der Waals surface area contributed by atoms with E-state index in [1.807, 2.05) is 22.9 Å². The van der Waals surface area contributed by atoms with Crippen LogP contribution in [0.3, 0.4) is 0 Å². The summed E-state index contributed by atoms with van der Waals surface area (Å²) in [6, 6.07) is 11.0. The molecule has 0 fully saturated rings. The third kappa shape index (κ3) is 15.8. The summed E-state index contributed by atoms with van der Waals surface area (Å²) in [6.45, 7) is 6.81. The van der Waals surface area contributed by atoms with Crippen LogP contribution in [0.5, 0.6) is 5.06 Å². The number of halogens is 5. The van der Waals surface area contributed by atoms with Crippen molar-refractivity contribution in [2.24, 2.45) is 5.73 Å². The first-order chi connectivity index (χ1) is 21.2. The number of Topliss-reactive ketones (excluding diaryl/α,β-unsaturated/α-hetero) is 1. The molecule has 4 aromatic rings. The molecule has 4 rings (SSSR count). The summed E-state index contributed by atoms with van der Waals surface area (Å²) in [4.78, 5) is 60.3. The second-order valence-electron chi connectivity index (χ2n) is 8.58. The Morgan fingerprint density at radius 2 is 1.43 bits per heavy atom. The minimum Gasteiger partial charge on any atom is 0 e. The number of nitrogens with one attached hydrogen (secondary N) is 2. The van der Waals surface area contributed by atoms with E-state index in [1.165, 1.54) is 22.8 Å². The van der Waals surface area contributed by atoms with E-state index in [9.17, 15) is 32.8 Å². The zero-order valence-electron chi connectivity index (χ0n) is 25.2. The van der Waals surface area contributed by atoms with E-state index in [1.54, 1.807) is 32.0 Å². The molecular formula is C28H31F2I3N4O6SV2. The fraction of sp³-hybridized carbons (Fsp3) is 0.250. The smallest absolute Gasteiger partial charge is 0 e. The van der Waals surface area contributed by atoms with Crippen molar-refractivity contribution >= 4 is 79.7 Å². The molecule has 0 atom stereocenters. The number of nitrogens with zero attached hydrogens (tertiary/aromatic N) is 1. The number of carbonyl (C=O) groups is 1. The Labute approximate surface area is 322 Å². The molecule has 0 aliphatic carbocycles. The summed E-state index contributed by atoms with van der Waals surface area (Å²) in [7, 11) is 0.628.